The first-order valence-electron chi connectivity index (χ1n) is 6.53. The van der Waals surface area contributed by atoms with Gasteiger partial charge in [0.1, 0.15) is 11.9 Å². The monoisotopic (exact) mass is 265 g/mol. The highest BCUT2D eigenvalue weighted by atomic mass is 19.1. The molecular weight excluding hydrogens is 245 g/mol. The van der Waals surface area contributed by atoms with Gasteiger partial charge in [0, 0.05) is 33.2 Å². The van der Waals surface area contributed by atoms with Crippen molar-refractivity contribution in [3.8, 4) is 0 Å². The second-order valence-corrected chi connectivity index (χ2v) is 4.88. The van der Waals surface area contributed by atoms with E-state index in [2.05, 4.69) is 15.5 Å². The number of nitrogens with one attached hydrogen (secondary N) is 2. The average molecular weight is 265 g/mol. The summed E-state index contributed by atoms with van der Waals surface area (Å²) >= 11 is 0. The number of carbonyl (C=O) groups is 1. The molecule has 0 saturated carbocycles. The van der Waals surface area contributed by atoms with E-state index in [1.54, 1.807) is 19.2 Å². The lowest BCUT2D eigenvalue weighted by Gasteiger charge is -2.35. The normalized spacial score (nSPS) is 20.3. The van der Waals surface area contributed by atoms with Crippen molar-refractivity contribution in [3.05, 3.63) is 35.1 Å². The van der Waals surface area contributed by atoms with Gasteiger partial charge in [-0.25, -0.2) is 4.39 Å². The van der Waals surface area contributed by atoms with Gasteiger partial charge in [-0.1, -0.05) is 6.07 Å². The summed E-state index contributed by atoms with van der Waals surface area (Å²) in [6, 6.07) is 4.61. The molecule has 1 saturated heterocycles. The minimum Gasteiger partial charge on any atom is -0.358 e. The van der Waals surface area contributed by atoms with Gasteiger partial charge in [0.25, 0.3) is 0 Å². The number of piperazine rings is 1. The number of nitrogens with zero attached hydrogens (tertiary/aromatic N) is 1. The average Bonchev–Trinajstić information content (AvgIpc) is 2.42. The zero-order valence-corrected chi connectivity index (χ0v) is 11.4. The molecule has 1 unspecified atom stereocenters. The van der Waals surface area contributed by atoms with Gasteiger partial charge in [-0.3, -0.25) is 9.69 Å². The Morgan fingerprint density at radius 1 is 1.58 bits per heavy atom. The number of hydrogen-bond acceptors (Lipinski definition) is 3. The van der Waals surface area contributed by atoms with Crippen LogP contribution in [0.1, 0.15) is 11.1 Å². The van der Waals surface area contributed by atoms with Crippen LogP contribution in [0.15, 0.2) is 18.2 Å². The number of carbonyl (C=O) groups excluding carboxylic acids is 1. The van der Waals surface area contributed by atoms with Gasteiger partial charge >= 0.3 is 0 Å². The van der Waals surface area contributed by atoms with E-state index in [0.29, 0.717) is 13.1 Å². The molecule has 0 radical (unpaired) electrons. The van der Waals surface area contributed by atoms with Crippen LogP contribution in [-0.4, -0.2) is 43.5 Å². The molecule has 1 fully saturated rings. The lowest BCUT2D eigenvalue weighted by Crippen LogP contribution is -2.56. The van der Waals surface area contributed by atoms with Crippen LogP contribution in [-0.2, 0) is 11.3 Å². The van der Waals surface area contributed by atoms with Crippen LogP contribution in [0.2, 0.25) is 0 Å². The van der Waals surface area contributed by atoms with Gasteiger partial charge < -0.3 is 10.6 Å². The highest BCUT2D eigenvalue weighted by Crippen LogP contribution is 2.15. The number of amides is 1. The summed E-state index contributed by atoms with van der Waals surface area (Å²) in [5, 5.41) is 5.90. The molecule has 0 aromatic heterocycles. The third-order valence-electron chi connectivity index (χ3n) is 3.59. The molecule has 1 aliphatic rings. The topological polar surface area (TPSA) is 44.4 Å². The van der Waals surface area contributed by atoms with Crippen molar-refractivity contribution in [1.82, 2.24) is 15.5 Å². The van der Waals surface area contributed by atoms with Crippen molar-refractivity contribution in [2.75, 3.05) is 26.7 Å². The van der Waals surface area contributed by atoms with Crippen molar-refractivity contribution in [2.24, 2.45) is 0 Å². The number of benzene rings is 1. The van der Waals surface area contributed by atoms with E-state index in [9.17, 15) is 9.18 Å². The predicted molar refractivity (Wildman–Crippen MR) is 72.3 cm³/mol. The molecule has 1 aromatic carbocycles. The fourth-order valence-corrected chi connectivity index (χ4v) is 2.39. The molecule has 2 rings (SSSR count). The van der Waals surface area contributed by atoms with E-state index in [0.717, 1.165) is 24.2 Å². The summed E-state index contributed by atoms with van der Waals surface area (Å²) in [6.45, 7) is 4.83. The van der Waals surface area contributed by atoms with E-state index in [4.69, 9.17) is 0 Å². The molecule has 5 heteroatoms. The van der Waals surface area contributed by atoms with E-state index >= 15 is 0 Å². The Balaban J connectivity index is 2.15. The van der Waals surface area contributed by atoms with E-state index in [1.807, 2.05) is 6.92 Å². The van der Waals surface area contributed by atoms with Gasteiger partial charge in [0.15, 0.2) is 0 Å². The second kappa shape index (κ2) is 6.12. The molecule has 0 bridgehead atoms. The Kier molecular flexibility index (Phi) is 4.50. The maximum atomic E-state index is 13.3. The van der Waals surface area contributed by atoms with Crippen molar-refractivity contribution in [1.29, 1.82) is 0 Å². The van der Waals surface area contributed by atoms with Gasteiger partial charge in [-0.05, 0) is 30.2 Å². The molecule has 1 aromatic rings. The Labute approximate surface area is 113 Å². The van der Waals surface area contributed by atoms with E-state index < -0.39 is 0 Å². The SMILES string of the molecule is CNC(=O)C1CNCCN1Cc1cc(F)ccc1C. The summed E-state index contributed by atoms with van der Waals surface area (Å²) in [7, 11) is 1.64. The second-order valence-electron chi connectivity index (χ2n) is 4.88. The largest absolute Gasteiger partial charge is 0.358 e. The summed E-state index contributed by atoms with van der Waals surface area (Å²) < 4.78 is 13.3. The molecular formula is C14H20FN3O. The number of aryl methyl sites for hydroxylation is 1. The first-order valence-corrected chi connectivity index (χ1v) is 6.53. The van der Waals surface area contributed by atoms with Crippen LogP contribution in [0.4, 0.5) is 4.39 Å². The van der Waals surface area contributed by atoms with E-state index in [-0.39, 0.29) is 17.8 Å². The maximum Gasteiger partial charge on any atom is 0.238 e. The smallest absolute Gasteiger partial charge is 0.238 e. The Hall–Kier alpha value is -1.46. The molecule has 2 N–H and O–H groups in total. The quantitative estimate of drug-likeness (QED) is 0.843. The fraction of sp³-hybridized carbons (Fsp3) is 0.500. The third kappa shape index (κ3) is 3.30. The lowest BCUT2D eigenvalue weighted by molar-refractivity contribution is -0.126. The molecule has 0 spiro atoms. The van der Waals surface area contributed by atoms with Crippen molar-refractivity contribution in [2.45, 2.75) is 19.5 Å². The zero-order valence-electron chi connectivity index (χ0n) is 11.4. The van der Waals surface area contributed by atoms with Crippen LogP contribution < -0.4 is 10.6 Å². The first kappa shape index (κ1) is 14.0. The van der Waals surface area contributed by atoms with Crippen LogP contribution >= 0.6 is 0 Å². The number of halogens is 1. The van der Waals surface area contributed by atoms with Crippen LogP contribution in [0, 0.1) is 12.7 Å². The molecule has 1 atom stereocenters. The molecule has 0 aliphatic carbocycles. The van der Waals surface area contributed by atoms with Gasteiger partial charge in [0.2, 0.25) is 5.91 Å². The lowest BCUT2D eigenvalue weighted by atomic mass is 10.1. The van der Waals surface area contributed by atoms with E-state index in [1.165, 1.54) is 6.07 Å². The minimum atomic E-state index is -0.229. The third-order valence-corrected chi connectivity index (χ3v) is 3.59. The molecule has 4 nitrogen and oxygen atoms in total. The summed E-state index contributed by atoms with van der Waals surface area (Å²) in [5.74, 6) is -0.228. The van der Waals surface area contributed by atoms with Crippen LogP contribution in [0.5, 0.6) is 0 Å². The Bertz CT molecular complexity index is 464. The molecule has 104 valence electrons. The standard InChI is InChI=1S/C14H20FN3O/c1-10-3-4-12(15)7-11(10)9-18-6-5-17-8-13(18)14(19)16-2/h3-4,7,13,17H,5-6,8-9H2,1-2H3,(H,16,19). The Morgan fingerprint density at radius 3 is 3.11 bits per heavy atom. The number of likely N-dealkylation sites (N-methyl/N-ethyl adjacent to an activating group) is 1. The molecule has 1 heterocycles. The number of rotatable bonds is 3. The van der Waals surface area contributed by atoms with Crippen LogP contribution in [0.3, 0.4) is 0 Å². The minimum absolute atomic E-state index is 0.00116. The summed E-state index contributed by atoms with van der Waals surface area (Å²) in [4.78, 5) is 13.9. The van der Waals surface area contributed by atoms with Crippen LogP contribution in [0.25, 0.3) is 0 Å². The highest BCUT2D eigenvalue weighted by Gasteiger charge is 2.28. The zero-order chi connectivity index (χ0) is 13.8. The van der Waals surface area contributed by atoms with Crippen molar-refractivity contribution >= 4 is 5.91 Å². The number of hydrogen-bond donors (Lipinski definition) is 2. The van der Waals surface area contributed by atoms with Gasteiger partial charge in [-0.15, -0.1) is 0 Å². The Morgan fingerprint density at radius 2 is 2.37 bits per heavy atom. The van der Waals surface area contributed by atoms with Gasteiger partial charge in [-0.2, -0.15) is 0 Å². The molecule has 1 amide bonds. The van der Waals surface area contributed by atoms with Crippen molar-refractivity contribution < 1.29 is 9.18 Å². The maximum absolute atomic E-state index is 13.3. The fourth-order valence-electron chi connectivity index (χ4n) is 2.39. The van der Waals surface area contributed by atoms with Crippen molar-refractivity contribution in [3.63, 3.8) is 0 Å². The highest BCUT2D eigenvalue weighted by molar-refractivity contribution is 5.81. The molecule has 1 aliphatic heterocycles. The summed E-state index contributed by atoms with van der Waals surface area (Å²) in [5.41, 5.74) is 1.99. The predicted octanol–water partition coefficient (Wildman–Crippen LogP) is 0.654. The first-order chi connectivity index (χ1) is 9.11. The molecule has 19 heavy (non-hydrogen) atoms. The summed E-state index contributed by atoms with van der Waals surface area (Å²) in [6.07, 6.45) is 0. The van der Waals surface area contributed by atoms with Gasteiger partial charge in [0.05, 0.1) is 0 Å².